The number of hydrogen-bond donors (Lipinski definition) is 0. The van der Waals surface area contributed by atoms with Crippen molar-refractivity contribution in [1.29, 1.82) is 0 Å². The Labute approximate surface area is 163 Å². The predicted octanol–water partition coefficient (Wildman–Crippen LogP) is 0.284. The van der Waals surface area contributed by atoms with E-state index >= 15 is 0 Å². The van der Waals surface area contributed by atoms with Crippen LogP contribution >= 0.6 is 0 Å². The molecule has 134 valence electrons. The first-order chi connectivity index (χ1) is 12.3. The van der Waals surface area contributed by atoms with Crippen molar-refractivity contribution in [3.8, 4) is 17.0 Å². The second-order valence-electron chi connectivity index (χ2n) is 6.33. The summed E-state index contributed by atoms with van der Waals surface area (Å²) < 4.78 is 9.69. The highest BCUT2D eigenvalue weighted by Crippen LogP contribution is 2.26. The third-order valence-electron chi connectivity index (χ3n) is 4.79. The third-order valence-corrected chi connectivity index (χ3v) is 4.79. The highest BCUT2D eigenvalue weighted by molar-refractivity contribution is 5.95. The van der Waals surface area contributed by atoms with E-state index in [1.165, 1.54) is 5.82 Å². The lowest BCUT2D eigenvalue weighted by molar-refractivity contribution is -0.689. The number of carbonyl (C=O) groups excluding carboxylic acids is 1. The van der Waals surface area contributed by atoms with Crippen molar-refractivity contribution in [2.24, 2.45) is 0 Å². The molecule has 0 saturated heterocycles. The third kappa shape index (κ3) is 3.44. The normalized spacial score (nSPS) is 12.3. The number of benzene rings is 2. The van der Waals surface area contributed by atoms with Gasteiger partial charge in [-0.2, -0.15) is 0 Å². The minimum Gasteiger partial charge on any atom is -1.00 e. The maximum Gasteiger partial charge on any atom is 0.257 e. The number of nitrogens with zero attached hydrogens (tertiary/aromatic N) is 2. The quantitative estimate of drug-likeness (QED) is 0.445. The molecule has 2 aromatic carbocycles. The number of hydrogen-bond acceptors (Lipinski definition) is 2. The van der Waals surface area contributed by atoms with Gasteiger partial charge in [-0.1, -0.05) is 30.3 Å². The van der Waals surface area contributed by atoms with Crippen molar-refractivity contribution >= 4 is 5.78 Å². The van der Waals surface area contributed by atoms with Crippen LogP contribution in [-0.2, 0) is 19.5 Å². The van der Waals surface area contributed by atoms with Crippen molar-refractivity contribution in [2.45, 2.75) is 25.9 Å². The van der Waals surface area contributed by atoms with Crippen LogP contribution in [0.5, 0.6) is 5.75 Å². The lowest BCUT2D eigenvalue weighted by atomic mass is 10.1. The Kier molecular flexibility index (Phi) is 5.57. The molecule has 1 aromatic heterocycles. The van der Waals surface area contributed by atoms with Gasteiger partial charge in [0.2, 0.25) is 5.78 Å². The molecule has 3 aromatic rings. The molecule has 0 N–H and O–H groups in total. The summed E-state index contributed by atoms with van der Waals surface area (Å²) in [5.41, 5.74) is 3.07. The molecular weight excluding hydrogens is 392 g/mol. The summed E-state index contributed by atoms with van der Waals surface area (Å²) in [4.78, 5) is 12.6. The van der Waals surface area contributed by atoms with Gasteiger partial charge in [0.25, 0.3) is 5.82 Å². The first kappa shape index (κ1) is 18.4. The summed E-state index contributed by atoms with van der Waals surface area (Å²) in [5, 5.41) is 0. The summed E-state index contributed by atoms with van der Waals surface area (Å²) in [5.74, 6) is 2.23. The molecule has 4 rings (SSSR count). The second-order valence-corrected chi connectivity index (χ2v) is 6.33. The van der Waals surface area contributed by atoms with Crippen LogP contribution in [0.3, 0.4) is 0 Å². The van der Waals surface area contributed by atoms with Crippen LogP contribution in [0.1, 0.15) is 22.6 Å². The minimum atomic E-state index is 0. The molecule has 0 fully saturated rings. The Morgan fingerprint density at radius 1 is 1.12 bits per heavy atom. The fraction of sp³-hybridized carbons (Fsp3) is 0.238. The second kappa shape index (κ2) is 7.87. The predicted molar refractivity (Wildman–Crippen MR) is 95.7 cm³/mol. The Morgan fingerprint density at radius 3 is 2.54 bits per heavy atom. The maximum absolute atomic E-state index is 12.6. The van der Waals surface area contributed by atoms with E-state index in [4.69, 9.17) is 4.74 Å². The van der Waals surface area contributed by atoms with Gasteiger partial charge in [0, 0.05) is 11.1 Å². The van der Waals surface area contributed by atoms with Crippen LogP contribution in [0.25, 0.3) is 11.3 Å². The van der Waals surface area contributed by atoms with E-state index in [0.29, 0.717) is 6.54 Å². The number of ketones is 1. The summed E-state index contributed by atoms with van der Waals surface area (Å²) in [6.45, 7) is 1.39. The zero-order valence-corrected chi connectivity index (χ0v) is 16.3. The standard InChI is InChI=1S/C21H21N2O2.BrH/c1-25-18-11-9-16(10-12-18)19-14-22(21-8-5-13-23(19)21)15-20(24)17-6-3-2-4-7-17;/h2-4,6-7,9-12,14H,5,8,13,15H2,1H3;1H/q+1;/p-1. The smallest absolute Gasteiger partial charge is 0.257 e. The van der Waals surface area contributed by atoms with E-state index in [9.17, 15) is 4.79 Å². The summed E-state index contributed by atoms with van der Waals surface area (Å²) in [6, 6.07) is 17.6. The fourth-order valence-electron chi connectivity index (χ4n) is 3.51. The number of rotatable bonds is 5. The van der Waals surface area contributed by atoms with Gasteiger partial charge >= 0.3 is 0 Å². The lowest BCUT2D eigenvalue weighted by Gasteiger charge is -2.01. The van der Waals surface area contributed by atoms with E-state index < -0.39 is 0 Å². The van der Waals surface area contributed by atoms with Crippen molar-refractivity contribution in [3.63, 3.8) is 0 Å². The first-order valence-corrected chi connectivity index (χ1v) is 8.61. The molecule has 1 aliphatic heterocycles. The number of fused-ring (bicyclic) bond motifs is 1. The monoisotopic (exact) mass is 412 g/mol. The molecule has 0 aliphatic carbocycles. The van der Waals surface area contributed by atoms with Crippen LogP contribution in [0.2, 0.25) is 0 Å². The van der Waals surface area contributed by atoms with E-state index in [1.807, 2.05) is 42.5 Å². The topological polar surface area (TPSA) is 35.1 Å². The zero-order valence-electron chi connectivity index (χ0n) is 14.7. The van der Waals surface area contributed by atoms with Crippen LogP contribution in [0.4, 0.5) is 0 Å². The van der Waals surface area contributed by atoms with Crippen molar-refractivity contribution in [3.05, 3.63) is 72.2 Å². The summed E-state index contributed by atoms with van der Waals surface area (Å²) in [7, 11) is 1.67. The van der Waals surface area contributed by atoms with Crippen LogP contribution < -0.4 is 26.3 Å². The van der Waals surface area contributed by atoms with Crippen LogP contribution in [0.15, 0.2) is 60.8 Å². The number of aromatic nitrogens is 2. The maximum atomic E-state index is 12.6. The lowest BCUT2D eigenvalue weighted by Crippen LogP contribution is -3.00. The fourth-order valence-corrected chi connectivity index (χ4v) is 3.51. The molecule has 0 unspecified atom stereocenters. The highest BCUT2D eigenvalue weighted by Gasteiger charge is 2.29. The van der Waals surface area contributed by atoms with Crippen LogP contribution in [0, 0.1) is 0 Å². The molecular formula is C21H21BrN2O2. The van der Waals surface area contributed by atoms with E-state index in [2.05, 4.69) is 27.5 Å². The number of carbonyl (C=O) groups is 1. The number of imidazole rings is 1. The van der Waals surface area contributed by atoms with E-state index in [0.717, 1.165) is 42.0 Å². The zero-order chi connectivity index (χ0) is 17.2. The SMILES string of the molecule is COc1ccc(-c2c[n+](CC(=O)c3ccccc3)c3n2CCC3)cc1.[Br-]. The molecule has 0 spiro atoms. The van der Waals surface area contributed by atoms with E-state index in [1.54, 1.807) is 7.11 Å². The van der Waals surface area contributed by atoms with Crippen LogP contribution in [-0.4, -0.2) is 17.5 Å². The Balaban J connectivity index is 0.00000196. The molecule has 5 heteroatoms. The van der Waals surface area contributed by atoms with Gasteiger partial charge in [0.05, 0.1) is 20.1 Å². The van der Waals surface area contributed by atoms with Gasteiger partial charge in [0.1, 0.15) is 11.9 Å². The average Bonchev–Trinajstić information content (AvgIpc) is 3.26. The summed E-state index contributed by atoms with van der Waals surface area (Å²) >= 11 is 0. The Bertz CT molecular complexity index is 902. The molecule has 26 heavy (non-hydrogen) atoms. The van der Waals surface area contributed by atoms with Crippen molar-refractivity contribution in [1.82, 2.24) is 4.57 Å². The van der Waals surface area contributed by atoms with Gasteiger partial charge < -0.3 is 21.7 Å². The van der Waals surface area contributed by atoms with E-state index in [-0.39, 0.29) is 22.8 Å². The minimum absolute atomic E-state index is 0. The van der Waals surface area contributed by atoms with Crippen molar-refractivity contribution in [2.75, 3.05) is 7.11 Å². The largest absolute Gasteiger partial charge is 1.00 e. The van der Waals surface area contributed by atoms with Gasteiger partial charge in [-0.25, -0.2) is 9.13 Å². The number of methoxy groups -OCH3 is 1. The summed E-state index contributed by atoms with van der Waals surface area (Å²) in [6.07, 6.45) is 4.24. The molecule has 0 saturated carbocycles. The molecule has 0 amide bonds. The average molecular weight is 413 g/mol. The number of Topliss-reactive ketones (excluding diaryl/α,β-unsaturated/α-hetero) is 1. The van der Waals surface area contributed by atoms with Gasteiger partial charge in [-0.05, 0) is 30.7 Å². The molecule has 2 heterocycles. The number of ether oxygens (including phenoxy) is 1. The van der Waals surface area contributed by atoms with Gasteiger partial charge in [-0.3, -0.25) is 4.79 Å². The van der Waals surface area contributed by atoms with Gasteiger partial charge in [-0.15, -0.1) is 0 Å². The molecule has 0 radical (unpaired) electrons. The number of halogens is 1. The van der Waals surface area contributed by atoms with Crippen molar-refractivity contribution < 1.29 is 31.1 Å². The molecule has 0 atom stereocenters. The molecule has 4 nitrogen and oxygen atoms in total. The highest BCUT2D eigenvalue weighted by atomic mass is 79.9. The Hall–Kier alpha value is -2.40. The molecule has 0 bridgehead atoms. The van der Waals surface area contributed by atoms with Gasteiger partial charge in [0.15, 0.2) is 12.2 Å². The first-order valence-electron chi connectivity index (χ1n) is 8.61. The Morgan fingerprint density at radius 2 is 1.85 bits per heavy atom. The molecule has 1 aliphatic rings.